The maximum absolute atomic E-state index is 14.7. The summed E-state index contributed by atoms with van der Waals surface area (Å²) in [7, 11) is 1.52. The molecule has 0 saturated heterocycles. The monoisotopic (exact) mass is 462 g/mol. The lowest BCUT2D eigenvalue weighted by Crippen LogP contribution is -2.17. The zero-order valence-corrected chi connectivity index (χ0v) is 18.0. The van der Waals surface area contributed by atoms with Crippen LogP contribution in [0, 0.1) is 12.7 Å². The molecule has 2 aromatic carbocycles. The van der Waals surface area contributed by atoms with Gasteiger partial charge in [0.15, 0.2) is 11.6 Å². The molecule has 31 heavy (non-hydrogen) atoms. The van der Waals surface area contributed by atoms with Gasteiger partial charge < -0.3 is 19.9 Å². The number of fused-ring (bicyclic) bond motifs is 2. The molecule has 0 spiro atoms. The van der Waals surface area contributed by atoms with E-state index in [-0.39, 0.29) is 24.0 Å². The van der Waals surface area contributed by atoms with Crippen LogP contribution in [0.4, 0.5) is 9.18 Å². The predicted octanol–water partition coefficient (Wildman–Crippen LogP) is 4.49. The Hall–Kier alpha value is -3.24. The molecule has 0 saturated carbocycles. The van der Waals surface area contributed by atoms with Crippen LogP contribution in [-0.4, -0.2) is 41.4 Å². The average Bonchev–Trinajstić information content (AvgIpc) is 3.17. The van der Waals surface area contributed by atoms with Gasteiger partial charge in [0, 0.05) is 11.6 Å². The van der Waals surface area contributed by atoms with Crippen molar-refractivity contribution in [2.24, 2.45) is 5.73 Å². The zero-order valence-electron chi connectivity index (χ0n) is 16.4. The van der Waals surface area contributed by atoms with Crippen molar-refractivity contribution in [3.05, 3.63) is 40.8 Å². The van der Waals surface area contributed by atoms with Crippen LogP contribution in [0.2, 0.25) is 5.02 Å². The lowest BCUT2D eigenvalue weighted by atomic mass is 10.1. The fraction of sp³-hybridized carbons (Fsp3) is 0.200. The van der Waals surface area contributed by atoms with Gasteiger partial charge in [-0.05, 0) is 24.6 Å². The van der Waals surface area contributed by atoms with Gasteiger partial charge in [-0.15, -0.1) is 11.3 Å². The highest BCUT2D eigenvalue weighted by Gasteiger charge is 2.19. The number of halogens is 2. The molecule has 2 heterocycles. The van der Waals surface area contributed by atoms with Crippen LogP contribution in [0.3, 0.4) is 0 Å². The SMILES string of the molecule is COc1cnc2c(-c3nc4c(Cl)c(F)c(OCCOC(N)=O)cc4s3)cc(C)cc2n1. The summed E-state index contributed by atoms with van der Waals surface area (Å²) in [4.78, 5) is 24.1. The Morgan fingerprint density at radius 3 is 2.77 bits per heavy atom. The Balaban J connectivity index is 1.76. The molecule has 4 aromatic rings. The summed E-state index contributed by atoms with van der Waals surface area (Å²) < 4.78 is 30.4. The second-order valence-corrected chi connectivity index (χ2v) is 7.89. The highest BCUT2D eigenvalue weighted by atomic mass is 35.5. The number of aryl methyl sites for hydroxylation is 1. The number of ether oxygens (including phenoxy) is 3. The molecule has 8 nitrogen and oxygen atoms in total. The van der Waals surface area contributed by atoms with Crippen molar-refractivity contribution in [2.75, 3.05) is 20.3 Å². The lowest BCUT2D eigenvalue weighted by molar-refractivity contribution is 0.132. The Bertz CT molecular complexity index is 1310. The van der Waals surface area contributed by atoms with Crippen LogP contribution in [0.5, 0.6) is 11.6 Å². The van der Waals surface area contributed by atoms with Crippen molar-refractivity contribution in [1.29, 1.82) is 0 Å². The number of rotatable bonds is 6. The summed E-state index contributed by atoms with van der Waals surface area (Å²) in [6.45, 7) is 1.74. The maximum atomic E-state index is 14.7. The average molecular weight is 463 g/mol. The zero-order chi connectivity index (χ0) is 22.1. The van der Waals surface area contributed by atoms with Gasteiger partial charge in [0.1, 0.15) is 28.8 Å². The Labute approximate surface area is 184 Å². The van der Waals surface area contributed by atoms with Crippen molar-refractivity contribution in [3.8, 4) is 22.2 Å². The summed E-state index contributed by atoms with van der Waals surface area (Å²) in [5, 5.41) is 0.453. The third kappa shape index (κ3) is 4.17. The molecule has 0 aliphatic heterocycles. The van der Waals surface area contributed by atoms with Crippen LogP contribution in [-0.2, 0) is 4.74 Å². The highest BCUT2D eigenvalue weighted by molar-refractivity contribution is 7.21. The van der Waals surface area contributed by atoms with Gasteiger partial charge in [-0.3, -0.25) is 0 Å². The maximum Gasteiger partial charge on any atom is 0.404 e. The summed E-state index contributed by atoms with van der Waals surface area (Å²) in [5.74, 6) is -0.413. The van der Waals surface area contributed by atoms with Gasteiger partial charge in [0.05, 0.1) is 29.0 Å². The highest BCUT2D eigenvalue weighted by Crippen LogP contribution is 2.40. The lowest BCUT2D eigenvalue weighted by Gasteiger charge is -2.08. The number of hydrogen-bond donors (Lipinski definition) is 1. The third-order valence-electron chi connectivity index (χ3n) is 4.33. The van der Waals surface area contributed by atoms with Crippen LogP contribution < -0.4 is 15.2 Å². The first-order valence-electron chi connectivity index (χ1n) is 9.02. The van der Waals surface area contributed by atoms with E-state index in [1.54, 1.807) is 0 Å². The van der Waals surface area contributed by atoms with Gasteiger partial charge in [-0.2, -0.15) is 0 Å². The molecule has 0 aliphatic carbocycles. The second-order valence-electron chi connectivity index (χ2n) is 6.48. The topological polar surface area (TPSA) is 109 Å². The Morgan fingerprint density at radius 2 is 2.03 bits per heavy atom. The third-order valence-corrected chi connectivity index (χ3v) is 5.71. The summed E-state index contributed by atoms with van der Waals surface area (Å²) in [5.41, 5.74) is 8.21. The standard InChI is InChI=1S/C20H16ClFN4O4S/c1-9-5-10(17-11(6-9)25-14(28-2)8-24-17)19-26-18-13(31-19)7-12(16(22)15(18)21)29-3-4-30-20(23)27/h5-8H,3-4H2,1-2H3,(H2,23,27). The number of carbonyl (C=O) groups excluding carboxylic acids is 1. The van der Waals surface area contributed by atoms with Gasteiger partial charge >= 0.3 is 6.09 Å². The number of primary amides is 1. The fourth-order valence-electron chi connectivity index (χ4n) is 3.00. The smallest absolute Gasteiger partial charge is 0.404 e. The van der Waals surface area contributed by atoms with Gasteiger partial charge in [-0.25, -0.2) is 24.1 Å². The van der Waals surface area contributed by atoms with E-state index in [4.69, 9.17) is 26.8 Å². The van der Waals surface area contributed by atoms with Crippen LogP contribution in [0.15, 0.2) is 24.4 Å². The number of aromatic nitrogens is 3. The van der Waals surface area contributed by atoms with Gasteiger partial charge in [-0.1, -0.05) is 11.6 Å². The van der Waals surface area contributed by atoms with E-state index < -0.39 is 11.9 Å². The summed E-state index contributed by atoms with van der Waals surface area (Å²) in [6, 6.07) is 5.34. The van der Waals surface area contributed by atoms with Gasteiger partial charge in [0.2, 0.25) is 5.88 Å². The van der Waals surface area contributed by atoms with Crippen LogP contribution in [0.25, 0.3) is 31.8 Å². The number of nitrogens with zero attached hydrogens (tertiary/aromatic N) is 3. The molecule has 0 fully saturated rings. The number of amides is 1. The number of thiazole rings is 1. The molecule has 4 rings (SSSR count). The van der Waals surface area contributed by atoms with Crippen molar-refractivity contribution < 1.29 is 23.4 Å². The Morgan fingerprint density at radius 1 is 1.23 bits per heavy atom. The van der Waals surface area contributed by atoms with E-state index in [2.05, 4.69) is 19.7 Å². The molecule has 1 amide bonds. The van der Waals surface area contributed by atoms with E-state index in [1.807, 2.05) is 19.1 Å². The molecular formula is C20H16ClFN4O4S. The molecule has 0 bridgehead atoms. The second kappa shape index (κ2) is 8.48. The van der Waals surface area contributed by atoms with E-state index in [1.165, 1.54) is 30.7 Å². The van der Waals surface area contributed by atoms with Gasteiger partial charge in [0.25, 0.3) is 0 Å². The molecule has 0 radical (unpaired) electrons. The number of carbonyl (C=O) groups is 1. The van der Waals surface area contributed by atoms with Crippen molar-refractivity contribution in [1.82, 2.24) is 15.0 Å². The first kappa shape index (κ1) is 21.0. The molecule has 0 atom stereocenters. The minimum Gasteiger partial charge on any atom is -0.487 e. The normalized spacial score (nSPS) is 11.1. The molecule has 160 valence electrons. The number of hydrogen-bond acceptors (Lipinski definition) is 8. The van der Waals surface area contributed by atoms with E-state index in [0.717, 1.165) is 11.1 Å². The Kier molecular flexibility index (Phi) is 5.75. The molecule has 0 unspecified atom stereocenters. The largest absolute Gasteiger partial charge is 0.487 e. The molecule has 2 aromatic heterocycles. The van der Waals surface area contributed by atoms with E-state index >= 15 is 0 Å². The number of benzene rings is 2. The van der Waals surface area contributed by atoms with Crippen molar-refractivity contribution in [2.45, 2.75) is 6.92 Å². The van der Waals surface area contributed by atoms with Crippen LogP contribution >= 0.6 is 22.9 Å². The van der Waals surface area contributed by atoms with Crippen LogP contribution in [0.1, 0.15) is 5.56 Å². The molecular weight excluding hydrogens is 447 g/mol. The minimum atomic E-state index is -0.934. The number of methoxy groups -OCH3 is 1. The summed E-state index contributed by atoms with van der Waals surface area (Å²) >= 11 is 7.54. The molecule has 2 N–H and O–H groups in total. The van der Waals surface area contributed by atoms with E-state index in [9.17, 15) is 9.18 Å². The number of nitrogens with two attached hydrogens (primary N) is 1. The first-order chi connectivity index (χ1) is 14.9. The fourth-order valence-corrected chi connectivity index (χ4v) is 4.32. The molecule has 11 heteroatoms. The quantitative estimate of drug-likeness (QED) is 0.420. The minimum absolute atomic E-state index is 0.0700. The summed E-state index contributed by atoms with van der Waals surface area (Å²) in [6.07, 6.45) is 0.595. The first-order valence-corrected chi connectivity index (χ1v) is 10.2. The van der Waals surface area contributed by atoms with Crippen molar-refractivity contribution in [3.63, 3.8) is 0 Å². The van der Waals surface area contributed by atoms with Crippen molar-refractivity contribution >= 4 is 50.3 Å². The molecule has 0 aliphatic rings. The predicted molar refractivity (Wildman–Crippen MR) is 115 cm³/mol. The van der Waals surface area contributed by atoms with E-state index in [0.29, 0.717) is 32.1 Å².